The lowest BCUT2D eigenvalue weighted by Crippen LogP contribution is -2.36. The van der Waals surface area contributed by atoms with E-state index in [1.165, 1.54) is 0 Å². The van der Waals surface area contributed by atoms with Gasteiger partial charge in [0.1, 0.15) is 5.60 Å². The number of hydrogen-bond donors (Lipinski definition) is 1. The van der Waals surface area contributed by atoms with Gasteiger partial charge in [-0.15, -0.1) is 0 Å². The lowest BCUT2D eigenvalue weighted by molar-refractivity contribution is 0.0221. The fraction of sp³-hybridized carbons (Fsp3) is 0.667. The summed E-state index contributed by atoms with van der Waals surface area (Å²) in [6.45, 7) is 9.11. The van der Waals surface area contributed by atoms with Gasteiger partial charge in [-0.1, -0.05) is 0 Å². The van der Waals surface area contributed by atoms with Gasteiger partial charge in [-0.3, -0.25) is 4.90 Å². The highest BCUT2D eigenvalue weighted by molar-refractivity contribution is 5.69. The van der Waals surface area contributed by atoms with Gasteiger partial charge >= 0.3 is 6.09 Å². The van der Waals surface area contributed by atoms with Gasteiger partial charge in [0.05, 0.1) is 11.7 Å². The fourth-order valence-electron chi connectivity index (χ4n) is 2.41. The molecule has 6 nitrogen and oxygen atoms in total. The Labute approximate surface area is 125 Å². The summed E-state index contributed by atoms with van der Waals surface area (Å²) in [5, 5.41) is 3.10. The average molecular weight is 292 g/mol. The van der Waals surface area contributed by atoms with Crippen LogP contribution in [0.15, 0.2) is 12.3 Å². The van der Waals surface area contributed by atoms with E-state index >= 15 is 0 Å². The molecule has 0 unspecified atom stereocenters. The highest BCUT2D eigenvalue weighted by atomic mass is 16.6. The predicted octanol–water partition coefficient (Wildman–Crippen LogP) is 2.98. The zero-order chi connectivity index (χ0) is 15.5. The maximum absolute atomic E-state index is 12.3. The Morgan fingerprint density at radius 3 is 2.95 bits per heavy atom. The first kappa shape index (κ1) is 15.5. The largest absolute Gasteiger partial charge is 0.444 e. The molecule has 2 rings (SSSR count). The molecule has 1 fully saturated rings. The molecule has 2 heterocycles. The van der Waals surface area contributed by atoms with Crippen LogP contribution in [-0.2, 0) is 4.74 Å². The number of likely N-dealkylation sites (tertiary alicyclic amines) is 1. The van der Waals surface area contributed by atoms with Crippen LogP contribution in [0.1, 0.15) is 52.3 Å². The molecule has 1 amide bonds. The molecule has 0 radical (unpaired) electrons. The van der Waals surface area contributed by atoms with Crippen molar-refractivity contribution in [3.8, 4) is 0 Å². The highest BCUT2D eigenvalue weighted by Gasteiger charge is 2.34. The molecule has 21 heavy (non-hydrogen) atoms. The topological polar surface area (TPSA) is 67.4 Å². The lowest BCUT2D eigenvalue weighted by atomic mass is 10.1. The van der Waals surface area contributed by atoms with Crippen molar-refractivity contribution in [3.63, 3.8) is 0 Å². The minimum atomic E-state index is -0.481. The second kappa shape index (κ2) is 6.28. The number of rotatable bonds is 3. The number of hydrogen-bond acceptors (Lipinski definition) is 5. The first-order valence-electron chi connectivity index (χ1n) is 7.47. The predicted molar refractivity (Wildman–Crippen MR) is 81.1 cm³/mol. The van der Waals surface area contributed by atoms with E-state index in [1.54, 1.807) is 11.1 Å². The molecule has 1 aliphatic heterocycles. The Balaban J connectivity index is 2.14. The third kappa shape index (κ3) is 4.06. The summed E-state index contributed by atoms with van der Waals surface area (Å²) in [6.07, 6.45) is 3.33. The van der Waals surface area contributed by atoms with Crippen LogP contribution < -0.4 is 5.32 Å². The van der Waals surface area contributed by atoms with Gasteiger partial charge in [0.25, 0.3) is 0 Å². The van der Waals surface area contributed by atoms with Crippen molar-refractivity contribution in [2.75, 3.05) is 18.4 Å². The van der Waals surface area contributed by atoms with Crippen LogP contribution in [0.5, 0.6) is 0 Å². The van der Waals surface area contributed by atoms with Crippen LogP contribution in [0.25, 0.3) is 0 Å². The van der Waals surface area contributed by atoms with Gasteiger partial charge in [0, 0.05) is 19.3 Å². The van der Waals surface area contributed by atoms with Gasteiger partial charge in [0.2, 0.25) is 5.95 Å². The van der Waals surface area contributed by atoms with E-state index in [0.29, 0.717) is 12.5 Å². The number of carbonyl (C=O) groups is 1. The number of nitrogens with zero attached hydrogens (tertiary/aromatic N) is 3. The quantitative estimate of drug-likeness (QED) is 0.927. The molecule has 0 saturated carbocycles. The molecule has 1 saturated heterocycles. The second-order valence-corrected chi connectivity index (χ2v) is 6.17. The van der Waals surface area contributed by atoms with Crippen molar-refractivity contribution < 1.29 is 9.53 Å². The maximum Gasteiger partial charge on any atom is 0.410 e. The minimum absolute atomic E-state index is 0.0275. The third-order valence-electron chi connectivity index (χ3n) is 3.23. The number of nitrogens with one attached hydrogen (secondary N) is 1. The molecule has 0 spiro atoms. The molecule has 1 N–H and O–H groups in total. The Morgan fingerprint density at radius 1 is 1.52 bits per heavy atom. The van der Waals surface area contributed by atoms with Crippen LogP contribution in [0, 0.1) is 0 Å². The normalized spacial score (nSPS) is 18.7. The van der Waals surface area contributed by atoms with E-state index in [4.69, 9.17) is 4.74 Å². The number of ether oxygens (including phenoxy) is 1. The van der Waals surface area contributed by atoms with E-state index in [9.17, 15) is 4.79 Å². The van der Waals surface area contributed by atoms with Crippen molar-refractivity contribution in [2.24, 2.45) is 0 Å². The second-order valence-electron chi connectivity index (χ2n) is 6.17. The summed E-state index contributed by atoms with van der Waals surface area (Å²) >= 11 is 0. The molecule has 1 aromatic heterocycles. The van der Waals surface area contributed by atoms with Gasteiger partial charge in [0.15, 0.2) is 0 Å². The molecule has 6 heteroatoms. The Hall–Kier alpha value is -1.85. The van der Waals surface area contributed by atoms with Gasteiger partial charge in [-0.2, -0.15) is 0 Å². The van der Waals surface area contributed by atoms with Crippen molar-refractivity contribution >= 4 is 12.0 Å². The number of anilines is 1. The summed E-state index contributed by atoms with van der Waals surface area (Å²) < 4.78 is 5.48. The molecule has 1 atom stereocenters. The van der Waals surface area contributed by atoms with Crippen molar-refractivity contribution in [3.05, 3.63) is 18.0 Å². The van der Waals surface area contributed by atoms with Gasteiger partial charge in [-0.25, -0.2) is 14.8 Å². The fourth-order valence-corrected chi connectivity index (χ4v) is 2.41. The maximum atomic E-state index is 12.3. The van der Waals surface area contributed by atoms with Crippen LogP contribution in [-0.4, -0.2) is 39.7 Å². The van der Waals surface area contributed by atoms with Crippen molar-refractivity contribution in [1.29, 1.82) is 0 Å². The Morgan fingerprint density at radius 2 is 2.29 bits per heavy atom. The van der Waals surface area contributed by atoms with E-state index in [2.05, 4.69) is 15.3 Å². The molecule has 1 aromatic rings. The zero-order valence-electron chi connectivity index (χ0n) is 13.2. The number of carbonyl (C=O) groups excluding carboxylic acids is 1. The van der Waals surface area contributed by atoms with Gasteiger partial charge < -0.3 is 10.1 Å². The van der Waals surface area contributed by atoms with E-state index in [0.717, 1.165) is 25.1 Å². The van der Waals surface area contributed by atoms with Crippen LogP contribution in [0.4, 0.5) is 10.7 Å². The molecular weight excluding hydrogens is 268 g/mol. The van der Waals surface area contributed by atoms with Crippen molar-refractivity contribution in [1.82, 2.24) is 14.9 Å². The highest BCUT2D eigenvalue weighted by Crippen LogP contribution is 2.32. The third-order valence-corrected chi connectivity index (χ3v) is 3.23. The SMILES string of the molecule is CCNc1nccc([C@H]2CCCN2C(=O)OC(C)(C)C)n1. The van der Waals surface area contributed by atoms with Crippen LogP contribution in [0.3, 0.4) is 0 Å². The Bertz CT molecular complexity index is 499. The monoisotopic (exact) mass is 292 g/mol. The first-order valence-corrected chi connectivity index (χ1v) is 7.47. The lowest BCUT2D eigenvalue weighted by Gasteiger charge is -2.28. The van der Waals surface area contributed by atoms with E-state index in [1.807, 2.05) is 33.8 Å². The Kier molecular flexibility index (Phi) is 4.65. The standard InChI is InChI=1S/C15H24N4O2/c1-5-16-13-17-9-8-11(18-13)12-7-6-10-19(12)14(20)21-15(2,3)4/h8-9,12H,5-7,10H2,1-4H3,(H,16,17,18)/t12-/m1/s1. The molecule has 0 aliphatic carbocycles. The molecular formula is C15H24N4O2. The average Bonchev–Trinajstić information content (AvgIpc) is 2.86. The summed E-state index contributed by atoms with van der Waals surface area (Å²) in [4.78, 5) is 22.7. The van der Waals surface area contributed by atoms with Crippen molar-refractivity contribution in [2.45, 2.75) is 52.2 Å². The first-order chi connectivity index (χ1) is 9.90. The minimum Gasteiger partial charge on any atom is -0.444 e. The smallest absolute Gasteiger partial charge is 0.410 e. The molecule has 116 valence electrons. The van der Waals surface area contributed by atoms with Crippen LogP contribution in [0.2, 0.25) is 0 Å². The summed E-state index contributed by atoms with van der Waals surface area (Å²) in [6, 6.07) is 1.84. The summed E-state index contributed by atoms with van der Waals surface area (Å²) in [7, 11) is 0. The molecule has 0 aromatic carbocycles. The van der Waals surface area contributed by atoms with Crippen LogP contribution >= 0.6 is 0 Å². The van der Waals surface area contributed by atoms with E-state index in [-0.39, 0.29) is 12.1 Å². The number of amides is 1. The summed E-state index contributed by atoms with van der Waals surface area (Å²) in [5.41, 5.74) is 0.384. The number of aromatic nitrogens is 2. The summed E-state index contributed by atoms with van der Waals surface area (Å²) in [5.74, 6) is 0.603. The zero-order valence-corrected chi connectivity index (χ0v) is 13.2. The molecule has 1 aliphatic rings. The molecule has 0 bridgehead atoms. The van der Waals surface area contributed by atoms with Gasteiger partial charge in [-0.05, 0) is 46.6 Å². The van der Waals surface area contributed by atoms with E-state index < -0.39 is 5.60 Å².